The molecule has 0 spiro atoms. The van der Waals surface area contributed by atoms with Crippen LogP contribution in [0.15, 0.2) is 60.7 Å². The van der Waals surface area contributed by atoms with E-state index in [4.69, 9.17) is 14.2 Å². The van der Waals surface area contributed by atoms with Crippen LogP contribution in [0.25, 0.3) is 0 Å². The van der Waals surface area contributed by atoms with Crippen molar-refractivity contribution in [2.24, 2.45) is 0 Å². The number of fused-ring (bicyclic) bond motifs is 1. The van der Waals surface area contributed by atoms with Crippen LogP contribution >= 0.6 is 0 Å². The topological polar surface area (TPSA) is 47.9 Å². The van der Waals surface area contributed by atoms with Gasteiger partial charge in [-0.25, -0.2) is 0 Å². The zero-order chi connectivity index (χ0) is 19.0. The van der Waals surface area contributed by atoms with E-state index in [2.05, 4.69) is 31.2 Å². The Hall–Kier alpha value is -3.14. The lowest BCUT2D eigenvalue weighted by Gasteiger charge is -2.20. The molecule has 27 heavy (non-hydrogen) atoms. The monoisotopic (exact) mass is 362 g/mol. The fourth-order valence-corrected chi connectivity index (χ4v) is 3.62. The van der Waals surface area contributed by atoms with Gasteiger partial charge in [0.2, 0.25) is 0 Å². The highest BCUT2D eigenvalue weighted by Gasteiger charge is 2.37. The fourth-order valence-electron chi connectivity index (χ4n) is 3.62. The summed E-state index contributed by atoms with van der Waals surface area (Å²) in [6, 6.07) is 19.9. The summed E-state index contributed by atoms with van der Waals surface area (Å²) in [5.74, 6) is 2.04. The van der Waals surface area contributed by atoms with Gasteiger partial charge in [0.25, 0.3) is 0 Å². The Bertz CT molecular complexity index is 945. The summed E-state index contributed by atoms with van der Waals surface area (Å²) in [5, 5.41) is 10.3. The smallest absolute Gasteiger partial charge is 0.164 e. The van der Waals surface area contributed by atoms with Crippen molar-refractivity contribution in [3.63, 3.8) is 0 Å². The van der Waals surface area contributed by atoms with Crippen LogP contribution in [0.4, 0.5) is 0 Å². The minimum absolute atomic E-state index is 0.0224. The van der Waals surface area contributed by atoms with Gasteiger partial charge in [-0.1, -0.05) is 42.0 Å². The number of phenolic OH excluding ortho intramolecular Hbond substituents is 1. The molecule has 0 bridgehead atoms. The summed E-state index contributed by atoms with van der Waals surface area (Å²) < 4.78 is 16.9. The van der Waals surface area contributed by atoms with Gasteiger partial charge in [0.1, 0.15) is 17.6 Å². The quantitative estimate of drug-likeness (QED) is 0.711. The number of benzene rings is 3. The van der Waals surface area contributed by atoms with Crippen molar-refractivity contribution >= 4 is 0 Å². The third kappa shape index (κ3) is 3.08. The Morgan fingerprint density at radius 3 is 2.15 bits per heavy atom. The lowest BCUT2D eigenvalue weighted by Crippen LogP contribution is -2.11. The molecule has 0 aromatic heterocycles. The summed E-state index contributed by atoms with van der Waals surface area (Å²) in [7, 11) is 3.19. The lowest BCUT2D eigenvalue weighted by molar-refractivity contribution is 0.221. The van der Waals surface area contributed by atoms with Crippen LogP contribution in [-0.2, 0) is 0 Å². The van der Waals surface area contributed by atoms with Crippen molar-refractivity contribution in [1.29, 1.82) is 0 Å². The van der Waals surface area contributed by atoms with Crippen molar-refractivity contribution in [3.8, 4) is 23.0 Å². The minimum Gasteiger partial charge on any atom is -0.504 e. The molecule has 0 unspecified atom stereocenters. The number of aryl methyl sites for hydroxylation is 1. The molecule has 0 fully saturated rings. The first-order valence-corrected chi connectivity index (χ1v) is 8.88. The van der Waals surface area contributed by atoms with Gasteiger partial charge in [0.05, 0.1) is 20.1 Å². The van der Waals surface area contributed by atoms with Crippen LogP contribution in [0.1, 0.15) is 34.3 Å². The first-order chi connectivity index (χ1) is 13.1. The van der Waals surface area contributed by atoms with E-state index < -0.39 is 0 Å². The number of aromatic hydroxyl groups is 1. The summed E-state index contributed by atoms with van der Waals surface area (Å²) in [6.45, 7) is 2.07. The second-order valence-electron chi connectivity index (χ2n) is 6.76. The number of hydrogen-bond donors (Lipinski definition) is 1. The largest absolute Gasteiger partial charge is 0.504 e. The molecule has 1 N–H and O–H groups in total. The second-order valence-corrected chi connectivity index (χ2v) is 6.76. The molecule has 4 nitrogen and oxygen atoms in total. The number of rotatable bonds is 4. The van der Waals surface area contributed by atoms with Crippen LogP contribution in [0, 0.1) is 6.92 Å². The molecule has 1 heterocycles. The van der Waals surface area contributed by atoms with E-state index in [1.165, 1.54) is 12.7 Å². The van der Waals surface area contributed by atoms with Crippen LogP contribution in [-0.4, -0.2) is 19.3 Å². The average Bonchev–Trinajstić information content (AvgIpc) is 3.06. The highest BCUT2D eigenvalue weighted by molar-refractivity contribution is 5.57. The Labute approximate surface area is 158 Å². The van der Waals surface area contributed by atoms with E-state index in [9.17, 15) is 5.11 Å². The van der Waals surface area contributed by atoms with Crippen molar-refractivity contribution in [3.05, 3.63) is 82.9 Å². The lowest BCUT2D eigenvalue weighted by atomic mass is 9.85. The predicted molar refractivity (Wildman–Crippen MR) is 104 cm³/mol. The molecular formula is C23H22O4. The number of ether oxygens (including phenoxy) is 3. The number of hydrogen-bond acceptors (Lipinski definition) is 4. The van der Waals surface area contributed by atoms with Gasteiger partial charge in [-0.05, 0) is 36.2 Å². The summed E-state index contributed by atoms with van der Waals surface area (Å²) in [6.07, 6.45) is -0.194. The molecule has 1 aliphatic heterocycles. The Morgan fingerprint density at radius 2 is 1.52 bits per heavy atom. The van der Waals surface area contributed by atoms with Crippen LogP contribution < -0.4 is 14.2 Å². The molecule has 3 aromatic carbocycles. The maximum absolute atomic E-state index is 10.3. The molecule has 0 saturated carbocycles. The third-order valence-electron chi connectivity index (χ3n) is 5.08. The molecule has 0 saturated heterocycles. The van der Waals surface area contributed by atoms with Gasteiger partial charge in [0.15, 0.2) is 11.5 Å². The van der Waals surface area contributed by atoms with E-state index in [1.807, 2.05) is 24.3 Å². The van der Waals surface area contributed by atoms with Gasteiger partial charge in [0, 0.05) is 11.6 Å². The third-order valence-corrected chi connectivity index (χ3v) is 5.08. The molecule has 0 aliphatic carbocycles. The minimum atomic E-state index is -0.194. The molecule has 0 radical (unpaired) electrons. The van der Waals surface area contributed by atoms with Crippen LogP contribution in [0.5, 0.6) is 23.0 Å². The Kier molecular flexibility index (Phi) is 4.40. The molecule has 2 atom stereocenters. The maximum Gasteiger partial charge on any atom is 0.164 e. The second kappa shape index (κ2) is 6.88. The van der Waals surface area contributed by atoms with Crippen molar-refractivity contribution in [2.45, 2.75) is 18.9 Å². The van der Waals surface area contributed by atoms with Crippen molar-refractivity contribution in [2.75, 3.05) is 14.2 Å². The fraction of sp³-hybridized carbons (Fsp3) is 0.217. The normalized spacial score (nSPS) is 17.9. The van der Waals surface area contributed by atoms with Crippen molar-refractivity contribution in [1.82, 2.24) is 0 Å². The first-order valence-electron chi connectivity index (χ1n) is 8.88. The molecular weight excluding hydrogens is 340 g/mol. The highest BCUT2D eigenvalue weighted by atomic mass is 16.5. The summed E-state index contributed by atoms with van der Waals surface area (Å²) in [5.41, 5.74) is 4.36. The SMILES string of the molecule is COc1ccc([C@H]2Oc3cc(OC)c(O)cc3[C@@H]2c2ccc(C)cc2)cc1. The van der Waals surface area contributed by atoms with Gasteiger partial charge < -0.3 is 19.3 Å². The van der Waals surface area contributed by atoms with Gasteiger partial charge in [-0.3, -0.25) is 0 Å². The number of methoxy groups -OCH3 is 2. The zero-order valence-corrected chi connectivity index (χ0v) is 15.6. The predicted octanol–water partition coefficient (Wildman–Crippen LogP) is 4.98. The van der Waals surface area contributed by atoms with E-state index in [0.717, 1.165) is 28.2 Å². The van der Waals surface area contributed by atoms with E-state index in [0.29, 0.717) is 5.75 Å². The maximum atomic E-state index is 10.3. The molecule has 4 heteroatoms. The van der Waals surface area contributed by atoms with E-state index in [-0.39, 0.29) is 17.8 Å². The first kappa shape index (κ1) is 17.3. The molecule has 1 aliphatic rings. The van der Waals surface area contributed by atoms with E-state index in [1.54, 1.807) is 19.2 Å². The van der Waals surface area contributed by atoms with Gasteiger partial charge in [-0.2, -0.15) is 0 Å². The Balaban J connectivity index is 1.83. The highest BCUT2D eigenvalue weighted by Crippen LogP contribution is 2.52. The van der Waals surface area contributed by atoms with Gasteiger partial charge in [-0.15, -0.1) is 0 Å². The standard InChI is InChI=1S/C23H22O4/c1-14-4-6-15(7-5-14)22-18-12-19(24)21(26-3)13-20(18)27-23(22)16-8-10-17(25-2)11-9-16/h4-13,22-24H,1-3H3/t22-,23+/m0/s1. The molecule has 138 valence electrons. The van der Waals surface area contributed by atoms with E-state index >= 15 is 0 Å². The molecule has 0 amide bonds. The van der Waals surface area contributed by atoms with Crippen LogP contribution in [0.3, 0.4) is 0 Å². The summed E-state index contributed by atoms with van der Waals surface area (Å²) in [4.78, 5) is 0. The number of phenols is 1. The molecule has 3 aromatic rings. The summed E-state index contributed by atoms with van der Waals surface area (Å²) >= 11 is 0. The Morgan fingerprint density at radius 1 is 0.852 bits per heavy atom. The van der Waals surface area contributed by atoms with Crippen molar-refractivity contribution < 1.29 is 19.3 Å². The van der Waals surface area contributed by atoms with Gasteiger partial charge >= 0.3 is 0 Å². The molecule has 4 rings (SSSR count). The average molecular weight is 362 g/mol. The van der Waals surface area contributed by atoms with Crippen LogP contribution in [0.2, 0.25) is 0 Å². The zero-order valence-electron chi connectivity index (χ0n) is 15.6.